The van der Waals surface area contributed by atoms with Crippen molar-refractivity contribution in [1.82, 2.24) is 9.97 Å². The number of aromatic nitrogens is 2. The molecule has 0 atom stereocenters. The summed E-state index contributed by atoms with van der Waals surface area (Å²) in [6.07, 6.45) is 1.45. The molecule has 1 N–H and O–H groups in total. The van der Waals surface area contributed by atoms with Crippen molar-refractivity contribution in [2.45, 2.75) is 26.2 Å². The van der Waals surface area contributed by atoms with Gasteiger partial charge >= 0.3 is 0 Å². The van der Waals surface area contributed by atoms with Crippen molar-refractivity contribution in [3.05, 3.63) is 26.9 Å². The average molecular weight is 208 g/mol. The molecule has 0 spiro atoms. The van der Waals surface area contributed by atoms with Gasteiger partial charge in [0.05, 0.1) is 17.2 Å². The second-order valence-corrected chi connectivity index (χ2v) is 5.19. The maximum Gasteiger partial charge on any atom is 0.259 e. The smallest absolute Gasteiger partial charge is 0.259 e. The molecule has 0 radical (unpaired) electrons. The van der Waals surface area contributed by atoms with E-state index in [-0.39, 0.29) is 11.0 Å². The topological polar surface area (TPSA) is 45.8 Å². The van der Waals surface area contributed by atoms with Crippen LogP contribution in [0, 0.1) is 0 Å². The number of nitrogens with zero attached hydrogens (tertiary/aromatic N) is 1. The Bertz CT molecular complexity index is 519. The summed E-state index contributed by atoms with van der Waals surface area (Å²) in [5.74, 6) is 0. The first-order chi connectivity index (χ1) is 6.50. The van der Waals surface area contributed by atoms with Gasteiger partial charge in [-0.05, 0) is 5.41 Å². The number of aromatic amines is 1. The van der Waals surface area contributed by atoms with Crippen LogP contribution in [0.25, 0.3) is 10.9 Å². The van der Waals surface area contributed by atoms with Crippen LogP contribution < -0.4 is 5.56 Å². The molecule has 0 aliphatic carbocycles. The normalized spacial score (nSPS) is 12.2. The Kier molecular flexibility index (Phi) is 1.96. The lowest BCUT2D eigenvalue weighted by atomic mass is 9.93. The largest absolute Gasteiger partial charge is 0.313 e. The standard InChI is InChI=1S/C10H12N2OS/c1-10(2,3)8-7-6(4-14-8)11-5-12-9(7)13/h4-5H,1-3H3,(H,11,12,13). The van der Waals surface area contributed by atoms with E-state index in [1.165, 1.54) is 6.33 Å². The molecule has 0 aliphatic heterocycles. The summed E-state index contributed by atoms with van der Waals surface area (Å²) in [7, 11) is 0. The number of hydrogen-bond acceptors (Lipinski definition) is 3. The molecule has 74 valence electrons. The third-order valence-corrected chi connectivity index (χ3v) is 3.47. The van der Waals surface area contributed by atoms with Gasteiger partial charge in [-0.3, -0.25) is 4.79 Å². The fraction of sp³-hybridized carbons (Fsp3) is 0.400. The van der Waals surface area contributed by atoms with Gasteiger partial charge in [-0.2, -0.15) is 0 Å². The Morgan fingerprint density at radius 2 is 2.14 bits per heavy atom. The van der Waals surface area contributed by atoms with Crippen LogP contribution in [0.4, 0.5) is 0 Å². The van der Waals surface area contributed by atoms with Crippen LogP contribution >= 0.6 is 11.3 Å². The summed E-state index contributed by atoms with van der Waals surface area (Å²) in [5, 5.41) is 2.68. The monoisotopic (exact) mass is 208 g/mol. The molecule has 2 rings (SSSR count). The summed E-state index contributed by atoms with van der Waals surface area (Å²) in [6.45, 7) is 6.31. The molecule has 0 saturated heterocycles. The average Bonchev–Trinajstić information content (AvgIpc) is 2.47. The van der Waals surface area contributed by atoms with Crippen LogP contribution in [0.3, 0.4) is 0 Å². The van der Waals surface area contributed by atoms with E-state index in [1.807, 2.05) is 5.38 Å². The molecule has 0 aliphatic rings. The highest BCUT2D eigenvalue weighted by Gasteiger charge is 2.20. The Hall–Kier alpha value is -1.16. The minimum absolute atomic E-state index is 0.00243. The van der Waals surface area contributed by atoms with Gasteiger partial charge in [0.2, 0.25) is 0 Å². The Morgan fingerprint density at radius 1 is 1.43 bits per heavy atom. The third-order valence-electron chi connectivity index (χ3n) is 2.08. The van der Waals surface area contributed by atoms with Gasteiger partial charge in [-0.15, -0.1) is 11.3 Å². The number of fused-ring (bicyclic) bond motifs is 1. The van der Waals surface area contributed by atoms with Crippen LogP contribution in [-0.4, -0.2) is 9.97 Å². The maximum atomic E-state index is 11.6. The van der Waals surface area contributed by atoms with E-state index in [0.29, 0.717) is 0 Å². The molecule has 2 heterocycles. The lowest BCUT2D eigenvalue weighted by molar-refractivity contribution is 0.608. The highest BCUT2D eigenvalue weighted by molar-refractivity contribution is 7.11. The van der Waals surface area contributed by atoms with Crippen molar-refractivity contribution in [3.63, 3.8) is 0 Å². The fourth-order valence-electron chi connectivity index (χ4n) is 1.45. The van der Waals surface area contributed by atoms with E-state index < -0.39 is 0 Å². The predicted octanol–water partition coefficient (Wildman–Crippen LogP) is 2.28. The molecular weight excluding hydrogens is 196 g/mol. The number of hydrogen-bond donors (Lipinski definition) is 1. The fourth-order valence-corrected chi connectivity index (χ4v) is 2.52. The number of H-pyrrole nitrogens is 1. The van der Waals surface area contributed by atoms with Crippen molar-refractivity contribution >= 4 is 22.2 Å². The van der Waals surface area contributed by atoms with Crippen LogP contribution in [0.2, 0.25) is 0 Å². The van der Waals surface area contributed by atoms with Crippen molar-refractivity contribution in [2.75, 3.05) is 0 Å². The van der Waals surface area contributed by atoms with Crippen molar-refractivity contribution in [1.29, 1.82) is 0 Å². The lowest BCUT2D eigenvalue weighted by Gasteiger charge is -2.15. The minimum Gasteiger partial charge on any atom is -0.313 e. The van der Waals surface area contributed by atoms with Gasteiger partial charge in [-0.1, -0.05) is 20.8 Å². The zero-order chi connectivity index (χ0) is 10.3. The summed E-state index contributed by atoms with van der Waals surface area (Å²) < 4.78 is 0. The number of rotatable bonds is 0. The van der Waals surface area contributed by atoms with Gasteiger partial charge in [0, 0.05) is 10.3 Å². The molecule has 0 saturated carbocycles. The highest BCUT2D eigenvalue weighted by atomic mass is 32.1. The first-order valence-electron chi connectivity index (χ1n) is 4.45. The molecule has 2 aromatic rings. The summed E-state index contributed by atoms with van der Waals surface area (Å²) in [5.41, 5.74) is 0.757. The zero-order valence-corrected chi connectivity index (χ0v) is 9.23. The van der Waals surface area contributed by atoms with E-state index in [9.17, 15) is 4.79 Å². The molecule has 0 unspecified atom stereocenters. The zero-order valence-electron chi connectivity index (χ0n) is 8.42. The van der Waals surface area contributed by atoms with Gasteiger partial charge in [0.15, 0.2) is 0 Å². The lowest BCUT2D eigenvalue weighted by Crippen LogP contribution is -2.14. The summed E-state index contributed by atoms with van der Waals surface area (Å²) in [6, 6.07) is 0. The molecule has 14 heavy (non-hydrogen) atoms. The van der Waals surface area contributed by atoms with Gasteiger partial charge in [0.25, 0.3) is 5.56 Å². The minimum atomic E-state index is -0.0406. The van der Waals surface area contributed by atoms with Crippen LogP contribution in [0.5, 0.6) is 0 Å². The van der Waals surface area contributed by atoms with E-state index in [0.717, 1.165) is 15.8 Å². The van der Waals surface area contributed by atoms with Crippen molar-refractivity contribution in [2.24, 2.45) is 0 Å². The Labute approximate surface area is 85.8 Å². The molecular formula is C10H12N2OS. The van der Waals surface area contributed by atoms with E-state index in [2.05, 4.69) is 30.7 Å². The van der Waals surface area contributed by atoms with E-state index in [4.69, 9.17) is 0 Å². The number of nitrogens with one attached hydrogen (secondary N) is 1. The second kappa shape index (κ2) is 2.92. The predicted molar refractivity (Wildman–Crippen MR) is 58.9 cm³/mol. The SMILES string of the molecule is CC(C)(C)c1scc2nc[nH]c(=O)c12. The summed E-state index contributed by atoms with van der Waals surface area (Å²) in [4.78, 5) is 19.5. The van der Waals surface area contributed by atoms with Crippen LogP contribution in [0.1, 0.15) is 25.6 Å². The quantitative estimate of drug-likeness (QED) is 0.722. The van der Waals surface area contributed by atoms with E-state index in [1.54, 1.807) is 11.3 Å². The maximum absolute atomic E-state index is 11.6. The molecule has 0 aromatic carbocycles. The summed E-state index contributed by atoms with van der Waals surface area (Å²) >= 11 is 1.60. The first kappa shape index (κ1) is 9.40. The molecule has 0 bridgehead atoms. The van der Waals surface area contributed by atoms with Gasteiger partial charge < -0.3 is 4.98 Å². The number of thiophene rings is 1. The highest BCUT2D eigenvalue weighted by Crippen LogP contribution is 2.32. The Balaban J connectivity index is 2.87. The van der Waals surface area contributed by atoms with Crippen molar-refractivity contribution < 1.29 is 0 Å². The molecule has 0 fully saturated rings. The van der Waals surface area contributed by atoms with Crippen LogP contribution in [-0.2, 0) is 5.41 Å². The van der Waals surface area contributed by atoms with E-state index >= 15 is 0 Å². The molecule has 2 aromatic heterocycles. The molecule has 4 heteroatoms. The third kappa shape index (κ3) is 1.35. The Morgan fingerprint density at radius 3 is 2.79 bits per heavy atom. The van der Waals surface area contributed by atoms with Crippen molar-refractivity contribution in [3.8, 4) is 0 Å². The van der Waals surface area contributed by atoms with Crippen LogP contribution in [0.15, 0.2) is 16.5 Å². The molecule has 0 amide bonds. The first-order valence-corrected chi connectivity index (χ1v) is 5.33. The van der Waals surface area contributed by atoms with Gasteiger partial charge in [-0.25, -0.2) is 4.98 Å². The molecule has 3 nitrogen and oxygen atoms in total. The van der Waals surface area contributed by atoms with Gasteiger partial charge in [0.1, 0.15) is 0 Å². The second-order valence-electron chi connectivity index (χ2n) is 4.31.